The molecule has 0 aliphatic carbocycles. The standard InChI is InChI=1S/C22H23FN4O3/c1-29-19-9-5-3-7-17(19)22(28)27-12-10-26(11-13-27)15-21-24-20(25-30-21)14-16-6-2-4-8-18(16)23/h2-9H,10-15H2,1H3. The molecule has 8 heteroatoms. The molecule has 2 heterocycles. The van der Waals surface area contributed by atoms with Gasteiger partial charge in [-0.05, 0) is 23.8 Å². The molecule has 0 radical (unpaired) electrons. The number of nitrogens with zero attached hydrogens (tertiary/aromatic N) is 4. The van der Waals surface area contributed by atoms with Crippen LogP contribution in [-0.2, 0) is 13.0 Å². The Labute approximate surface area is 174 Å². The van der Waals surface area contributed by atoms with Crippen LogP contribution < -0.4 is 4.74 Å². The lowest BCUT2D eigenvalue weighted by atomic mass is 10.1. The van der Waals surface area contributed by atoms with E-state index < -0.39 is 0 Å². The third-order valence-electron chi connectivity index (χ3n) is 5.17. The third kappa shape index (κ3) is 4.49. The van der Waals surface area contributed by atoms with Crippen molar-refractivity contribution in [3.8, 4) is 5.75 Å². The molecule has 1 aliphatic heterocycles. The Morgan fingerprint density at radius 3 is 2.60 bits per heavy atom. The highest BCUT2D eigenvalue weighted by molar-refractivity contribution is 5.97. The number of halogens is 1. The first-order valence-electron chi connectivity index (χ1n) is 9.83. The van der Waals surface area contributed by atoms with Gasteiger partial charge in [0, 0.05) is 32.6 Å². The minimum atomic E-state index is -0.278. The lowest BCUT2D eigenvalue weighted by molar-refractivity contribution is 0.0612. The summed E-state index contributed by atoms with van der Waals surface area (Å²) in [5.41, 5.74) is 1.11. The molecule has 2 aromatic carbocycles. The minimum Gasteiger partial charge on any atom is -0.496 e. The maximum Gasteiger partial charge on any atom is 0.257 e. The monoisotopic (exact) mass is 410 g/mol. The largest absolute Gasteiger partial charge is 0.496 e. The zero-order valence-electron chi connectivity index (χ0n) is 16.8. The van der Waals surface area contributed by atoms with E-state index in [4.69, 9.17) is 9.26 Å². The van der Waals surface area contributed by atoms with Crippen LogP contribution in [0.5, 0.6) is 5.75 Å². The van der Waals surface area contributed by atoms with Gasteiger partial charge in [-0.1, -0.05) is 35.5 Å². The quantitative estimate of drug-likeness (QED) is 0.622. The molecule has 3 aromatic rings. The molecule has 4 rings (SSSR count). The van der Waals surface area contributed by atoms with E-state index in [1.54, 1.807) is 37.4 Å². The minimum absolute atomic E-state index is 0.0305. The second kappa shape index (κ2) is 9.04. The van der Waals surface area contributed by atoms with Crippen molar-refractivity contribution in [2.75, 3.05) is 33.3 Å². The number of para-hydroxylation sites is 1. The summed E-state index contributed by atoms with van der Waals surface area (Å²) < 4.78 is 24.4. The highest BCUT2D eigenvalue weighted by atomic mass is 19.1. The smallest absolute Gasteiger partial charge is 0.257 e. The molecule has 156 valence electrons. The molecule has 0 unspecified atom stereocenters. The fraction of sp³-hybridized carbons (Fsp3) is 0.318. The molecule has 1 saturated heterocycles. The normalized spacial score (nSPS) is 14.7. The summed E-state index contributed by atoms with van der Waals surface area (Å²) in [6.07, 6.45) is 0.289. The van der Waals surface area contributed by atoms with Gasteiger partial charge in [-0.2, -0.15) is 4.98 Å². The number of hydrogen-bond donors (Lipinski definition) is 0. The molecular weight excluding hydrogens is 387 g/mol. The fourth-order valence-corrected chi connectivity index (χ4v) is 3.53. The number of carbonyl (C=O) groups excluding carboxylic acids is 1. The molecule has 0 spiro atoms. The summed E-state index contributed by atoms with van der Waals surface area (Å²) in [5, 5.41) is 3.96. The van der Waals surface area contributed by atoms with Crippen molar-refractivity contribution < 1.29 is 18.4 Å². The van der Waals surface area contributed by atoms with Crippen LogP contribution in [0.3, 0.4) is 0 Å². The maximum atomic E-state index is 13.8. The van der Waals surface area contributed by atoms with E-state index in [1.807, 2.05) is 17.0 Å². The van der Waals surface area contributed by atoms with E-state index in [-0.39, 0.29) is 18.1 Å². The number of amides is 1. The highest BCUT2D eigenvalue weighted by Gasteiger charge is 2.25. The Bertz CT molecular complexity index is 1010. The molecule has 30 heavy (non-hydrogen) atoms. The summed E-state index contributed by atoms with van der Waals surface area (Å²) in [7, 11) is 1.56. The van der Waals surface area contributed by atoms with Crippen LogP contribution in [0, 0.1) is 5.82 Å². The Kier molecular flexibility index (Phi) is 6.04. The average molecular weight is 410 g/mol. The van der Waals surface area contributed by atoms with Crippen LogP contribution in [-0.4, -0.2) is 59.1 Å². The number of carbonyl (C=O) groups is 1. The molecule has 1 aliphatic rings. The highest BCUT2D eigenvalue weighted by Crippen LogP contribution is 2.20. The summed E-state index contributed by atoms with van der Waals surface area (Å²) in [6.45, 7) is 3.11. The van der Waals surface area contributed by atoms with Gasteiger partial charge >= 0.3 is 0 Å². The SMILES string of the molecule is COc1ccccc1C(=O)N1CCN(Cc2nc(Cc3ccccc3F)no2)CC1. The van der Waals surface area contributed by atoms with Gasteiger partial charge in [0.25, 0.3) is 5.91 Å². The Morgan fingerprint density at radius 2 is 1.83 bits per heavy atom. The number of hydrogen-bond acceptors (Lipinski definition) is 6. The van der Waals surface area contributed by atoms with Gasteiger partial charge < -0.3 is 14.2 Å². The zero-order valence-corrected chi connectivity index (χ0v) is 16.8. The molecule has 7 nitrogen and oxygen atoms in total. The van der Waals surface area contributed by atoms with Gasteiger partial charge in [0.2, 0.25) is 5.89 Å². The molecule has 0 atom stereocenters. The maximum absolute atomic E-state index is 13.8. The number of aromatic nitrogens is 2. The van der Waals surface area contributed by atoms with E-state index in [0.29, 0.717) is 61.3 Å². The molecule has 0 N–H and O–H groups in total. The van der Waals surface area contributed by atoms with Crippen molar-refractivity contribution in [2.24, 2.45) is 0 Å². The number of ether oxygens (including phenoxy) is 1. The van der Waals surface area contributed by atoms with Crippen molar-refractivity contribution in [1.82, 2.24) is 19.9 Å². The molecule has 0 saturated carbocycles. The van der Waals surface area contributed by atoms with Crippen molar-refractivity contribution >= 4 is 5.91 Å². The number of benzene rings is 2. The first-order valence-corrected chi connectivity index (χ1v) is 9.83. The number of rotatable bonds is 6. The van der Waals surface area contributed by atoms with E-state index in [9.17, 15) is 9.18 Å². The van der Waals surface area contributed by atoms with Gasteiger partial charge in [0.05, 0.1) is 19.2 Å². The van der Waals surface area contributed by atoms with Crippen molar-refractivity contribution in [2.45, 2.75) is 13.0 Å². The fourth-order valence-electron chi connectivity index (χ4n) is 3.53. The van der Waals surface area contributed by atoms with Gasteiger partial charge in [-0.3, -0.25) is 9.69 Å². The predicted octanol–water partition coefficient (Wildman–Crippen LogP) is 2.77. The van der Waals surface area contributed by atoms with Gasteiger partial charge in [0.1, 0.15) is 11.6 Å². The summed E-state index contributed by atoms with van der Waals surface area (Å²) in [6, 6.07) is 13.8. The second-order valence-corrected chi connectivity index (χ2v) is 7.14. The summed E-state index contributed by atoms with van der Waals surface area (Å²) in [5.74, 6) is 1.22. The van der Waals surface area contributed by atoms with E-state index >= 15 is 0 Å². The Morgan fingerprint density at radius 1 is 1.10 bits per heavy atom. The Balaban J connectivity index is 1.32. The average Bonchev–Trinajstić information content (AvgIpc) is 3.22. The summed E-state index contributed by atoms with van der Waals surface area (Å²) in [4.78, 5) is 21.2. The van der Waals surface area contributed by atoms with E-state index in [2.05, 4.69) is 15.0 Å². The van der Waals surface area contributed by atoms with Gasteiger partial charge in [-0.25, -0.2) is 4.39 Å². The van der Waals surface area contributed by atoms with Gasteiger partial charge in [-0.15, -0.1) is 0 Å². The predicted molar refractivity (Wildman–Crippen MR) is 108 cm³/mol. The number of piperazine rings is 1. The molecular formula is C22H23FN4O3. The second-order valence-electron chi connectivity index (χ2n) is 7.14. The summed E-state index contributed by atoms with van der Waals surface area (Å²) >= 11 is 0. The molecule has 1 aromatic heterocycles. The first-order chi connectivity index (χ1) is 14.6. The molecule has 1 fully saturated rings. The van der Waals surface area contributed by atoms with Crippen molar-refractivity contribution in [3.05, 3.63) is 77.2 Å². The zero-order chi connectivity index (χ0) is 20.9. The van der Waals surface area contributed by atoms with Crippen LogP contribution in [0.1, 0.15) is 27.6 Å². The lowest BCUT2D eigenvalue weighted by Gasteiger charge is -2.34. The first kappa shape index (κ1) is 20.0. The number of methoxy groups -OCH3 is 1. The van der Waals surface area contributed by atoms with E-state index in [0.717, 1.165) is 0 Å². The van der Waals surface area contributed by atoms with Crippen LogP contribution >= 0.6 is 0 Å². The molecule has 1 amide bonds. The van der Waals surface area contributed by atoms with Crippen LogP contribution in [0.2, 0.25) is 0 Å². The lowest BCUT2D eigenvalue weighted by Crippen LogP contribution is -2.48. The topological polar surface area (TPSA) is 71.7 Å². The van der Waals surface area contributed by atoms with Crippen LogP contribution in [0.25, 0.3) is 0 Å². The van der Waals surface area contributed by atoms with Crippen LogP contribution in [0.4, 0.5) is 4.39 Å². The van der Waals surface area contributed by atoms with Gasteiger partial charge in [0.15, 0.2) is 5.82 Å². The van der Waals surface area contributed by atoms with E-state index in [1.165, 1.54) is 6.07 Å². The Hall–Kier alpha value is -3.26. The van der Waals surface area contributed by atoms with Crippen molar-refractivity contribution in [3.63, 3.8) is 0 Å². The van der Waals surface area contributed by atoms with Crippen molar-refractivity contribution in [1.29, 1.82) is 0 Å². The van der Waals surface area contributed by atoms with Crippen LogP contribution in [0.15, 0.2) is 53.1 Å². The molecule has 0 bridgehead atoms. The third-order valence-corrected chi connectivity index (χ3v) is 5.17.